The Kier molecular flexibility index (Phi) is 4.02. The normalized spacial score (nSPS) is 25.6. The summed E-state index contributed by atoms with van der Waals surface area (Å²) in [6.07, 6.45) is 1.02. The second-order valence-electron chi connectivity index (χ2n) is 4.98. The largest absolute Gasteiger partial charge is 0.348 e. The third kappa shape index (κ3) is 3.43. The van der Waals surface area contributed by atoms with E-state index < -0.39 is 5.79 Å². The van der Waals surface area contributed by atoms with Crippen LogP contribution in [0.4, 0.5) is 0 Å². The number of rotatable bonds is 3. The summed E-state index contributed by atoms with van der Waals surface area (Å²) >= 11 is 0. The molecule has 2 rings (SSSR count). The molecule has 0 aliphatic carbocycles. The van der Waals surface area contributed by atoms with Gasteiger partial charge in [-0.2, -0.15) is 0 Å². The number of ether oxygens (including phenoxy) is 2. The first kappa shape index (κ1) is 13.8. The van der Waals surface area contributed by atoms with Crippen molar-refractivity contribution in [1.29, 1.82) is 0 Å². The summed E-state index contributed by atoms with van der Waals surface area (Å²) < 4.78 is 11.6. The van der Waals surface area contributed by atoms with Crippen LogP contribution in [0.1, 0.15) is 25.5 Å². The first-order valence-corrected chi connectivity index (χ1v) is 6.31. The zero-order chi connectivity index (χ0) is 13.9. The smallest absolute Gasteiger partial charge is 0.243 e. The van der Waals surface area contributed by atoms with Gasteiger partial charge in [-0.05, 0) is 25.5 Å². The highest BCUT2D eigenvalue weighted by atomic mass is 16.7. The maximum atomic E-state index is 11.5. The summed E-state index contributed by atoms with van der Waals surface area (Å²) in [5.74, 6) is -0.881. The first-order valence-electron chi connectivity index (χ1n) is 6.31. The lowest BCUT2D eigenvalue weighted by molar-refractivity contribution is -0.284. The molecule has 0 spiro atoms. The third-order valence-corrected chi connectivity index (χ3v) is 3.03. The van der Waals surface area contributed by atoms with E-state index in [0.717, 1.165) is 5.56 Å². The van der Waals surface area contributed by atoms with Gasteiger partial charge in [0.15, 0.2) is 5.79 Å². The molecule has 0 saturated carbocycles. The van der Waals surface area contributed by atoms with Gasteiger partial charge in [-0.1, -0.05) is 36.9 Å². The number of nitrogens with one attached hydrogen (secondary N) is 1. The summed E-state index contributed by atoms with van der Waals surface area (Å²) in [6, 6.07) is 9.60. The van der Waals surface area contributed by atoms with Gasteiger partial charge in [0.05, 0.1) is 12.6 Å². The van der Waals surface area contributed by atoms with Crippen LogP contribution < -0.4 is 5.32 Å². The lowest BCUT2D eigenvalue weighted by Crippen LogP contribution is -2.51. The number of amides is 1. The van der Waals surface area contributed by atoms with Crippen molar-refractivity contribution < 1.29 is 14.3 Å². The molecule has 1 amide bonds. The van der Waals surface area contributed by atoms with E-state index in [1.54, 1.807) is 0 Å². The van der Waals surface area contributed by atoms with Crippen LogP contribution >= 0.6 is 0 Å². The van der Waals surface area contributed by atoms with E-state index in [4.69, 9.17) is 9.47 Å². The zero-order valence-corrected chi connectivity index (χ0v) is 11.3. The van der Waals surface area contributed by atoms with Crippen molar-refractivity contribution in [2.24, 2.45) is 0 Å². The second-order valence-corrected chi connectivity index (χ2v) is 4.98. The lowest BCUT2D eigenvalue weighted by Gasteiger charge is -2.41. The summed E-state index contributed by atoms with van der Waals surface area (Å²) in [7, 11) is 0. The molecule has 19 heavy (non-hydrogen) atoms. The Balaban J connectivity index is 2.21. The molecule has 1 N–H and O–H groups in total. The number of hydrogen-bond acceptors (Lipinski definition) is 3. The minimum absolute atomic E-state index is 0.221. The van der Waals surface area contributed by atoms with E-state index in [1.807, 2.05) is 44.2 Å². The average Bonchev–Trinajstić information content (AvgIpc) is 2.41. The molecule has 1 heterocycles. The van der Waals surface area contributed by atoms with Gasteiger partial charge in [0.1, 0.15) is 6.10 Å². The molecule has 4 heteroatoms. The topological polar surface area (TPSA) is 47.6 Å². The standard InChI is InChI=1S/C15H19NO3/c1-4-13(17)16-12-10-18-15(2,3)19-14(12)11-8-6-5-7-9-11/h4-9,12,14H,1,10H2,2-3H3,(H,16,17)/t12-,14-/m1/s1. The molecule has 2 atom stereocenters. The molecule has 1 fully saturated rings. The molecular formula is C15H19NO3. The first-order chi connectivity index (χ1) is 9.02. The fourth-order valence-corrected chi connectivity index (χ4v) is 2.10. The molecule has 1 aliphatic rings. The van der Waals surface area contributed by atoms with Crippen molar-refractivity contribution in [2.75, 3.05) is 6.61 Å². The van der Waals surface area contributed by atoms with Gasteiger partial charge >= 0.3 is 0 Å². The van der Waals surface area contributed by atoms with Crippen LogP contribution in [-0.2, 0) is 14.3 Å². The number of carbonyl (C=O) groups is 1. The van der Waals surface area contributed by atoms with Crippen molar-refractivity contribution in [3.63, 3.8) is 0 Å². The molecule has 1 aromatic rings. The molecule has 0 unspecified atom stereocenters. The summed E-state index contributed by atoms with van der Waals surface area (Å²) in [4.78, 5) is 11.5. The molecule has 1 aromatic carbocycles. The van der Waals surface area contributed by atoms with Crippen LogP contribution in [0.2, 0.25) is 0 Å². The molecular weight excluding hydrogens is 242 g/mol. The molecule has 4 nitrogen and oxygen atoms in total. The van der Waals surface area contributed by atoms with Crippen molar-refractivity contribution in [3.05, 3.63) is 48.6 Å². The van der Waals surface area contributed by atoms with E-state index >= 15 is 0 Å². The van der Waals surface area contributed by atoms with E-state index in [0.29, 0.717) is 6.61 Å². The van der Waals surface area contributed by atoms with Crippen molar-refractivity contribution in [3.8, 4) is 0 Å². The Morgan fingerprint density at radius 3 is 2.74 bits per heavy atom. The highest BCUT2D eigenvalue weighted by Gasteiger charge is 2.37. The predicted octanol–water partition coefficient (Wildman–Crippen LogP) is 2.18. The maximum absolute atomic E-state index is 11.5. The molecule has 1 saturated heterocycles. The summed E-state index contributed by atoms with van der Waals surface area (Å²) in [5, 5.41) is 2.85. The molecule has 1 aliphatic heterocycles. The van der Waals surface area contributed by atoms with Crippen LogP contribution in [0.5, 0.6) is 0 Å². The second kappa shape index (κ2) is 5.55. The minimum atomic E-state index is -0.657. The number of hydrogen-bond donors (Lipinski definition) is 1. The van der Waals surface area contributed by atoms with Gasteiger partial charge in [0.25, 0.3) is 0 Å². The van der Waals surface area contributed by atoms with Gasteiger partial charge < -0.3 is 14.8 Å². The molecule has 0 aromatic heterocycles. The van der Waals surface area contributed by atoms with E-state index in [-0.39, 0.29) is 18.1 Å². The fraction of sp³-hybridized carbons (Fsp3) is 0.400. The predicted molar refractivity (Wildman–Crippen MR) is 72.4 cm³/mol. The van der Waals surface area contributed by atoms with Gasteiger partial charge in [-0.15, -0.1) is 0 Å². The van der Waals surface area contributed by atoms with E-state index in [1.165, 1.54) is 6.08 Å². The van der Waals surface area contributed by atoms with Crippen LogP contribution in [0, 0.1) is 0 Å². The van der Waals surface area contributed by atoms with Crippen LogP contribution in [0.15, 0.2) is 43.0 Å². The van der Waals surface area contributed by atoms with Gasteiger partial charge in [-0.3, -0.25) is 4.79 Å². The van der Waals surface area contributed by atoms with Crippen molar-refractivity contribution >= 4 is 5.91 Å². The monoisotopic (exact) mass is 261 g/mol. The van der Waals surface area contributed by atoms with Gasteiger partial charge in [0, 0.05) is 0 Å². The third-order valence-electron chi connectivity index (χ3n) is 3.03. The van der Waals surface area contributed by atoms with E-state index in [2.05, 4.69) is 11.9 Å². The molecule has 0 bridgehead atoms. The zero-order valence-electron chi connectivity index (χ0n) is 11.3. The number of carbonyl (C=O) groups excluding carboxylic acids is 1. The van der Waals surface area contributed by atoms with Crippen LogP contribution in [0.25, 0.3) is 0 Å². The fourth-order valence-electron chi connectivity index (χ4n) is 2.10. The van der Waals surface area contributed by atoms with Crippen LogP contribution in [0.3, 0.4) is 0 Å². The average molecular weight is 261 g/mol. The maximum Gasteiger partial charge on any atom is 0.243 e. The van der Waals surface area contributed by atoms with Crippen molar-refractivity contribution in [1.82, 2.24) is 5.32 Å². The minimum Gasteiger partial charge on any atom is -0.348 e. The van der Waals surface area contributed by atoms with Crippen molar-refractivity contribution in [2.45, 2.75) is 31.8 Å². The summed E-state index contributed by atoms with van der Waals surface area (Å²) in [6.45, 7) is 7.61. The Morgan fingerprint density at radius 2 is 2.11 bits per heavy atom. The Hall–Kier alpha value is -1.65. The molecule has 102 valence electrons. The van der Waals surface area contributed by atoms with E-state index in [9.17, 15) is 4.79 Å². The lowest BCUT2D eigenvalue weighted by atomic mass is 10.0. The Labute approximate surface area is 113 Å². The molecule has 0 radical (unpaired) electrons. The van der Waals surface area contributed by atoms with Gasteiger partial charge in [0.2, 0.25) is 5.91 Å². The quantitative estimate of drug-likeness (QED) is 0.848. The Morgan fingerprint density at radius 1 is 1.42 bits per heavy atom. The summed E-state index contributed by atoms with van der Waals surface area (Å²) in [5.41, 5.74) is 1.02. The number of benzene rings is 1. The SMILES string of the molecule is C=CC(=O)N[C@@H]1COC(C)(C)O[C@@H]1c1ccccc1. The highest BCUT2D eigenvalue weighted by Crippen LogP contribution is 2.32. The van der Waals surface area contributed by atoms with Gasteiger partial charge in [-0.25, -0.2) is 0 Å². The van der Waals surface area contributed by atoms with Crippen LogP contribution in [-0.4, -0.2) is 24.3 Å². The highest BCUT2D eigenvalue weighted by molar-refractivity contribution is 5.87. The Bertz CT molecular complexity index is 456.